The van der Waals surface area contributed by atoms with Crippen LogP contribution in [-0.2, 0) is 14.3 Å². The van der Waals surface area contributed by atoms with Gasteiger partial charge in [0, 0.05) is 19.6 Å². The minimum atomic E-state index is -0.0971. The smallest absolute Gasteiger partial charge is 0.318 e. The van der Waals surface area contributed by atoms with Gasteiger partial charge >= 0.3 is 5.97 Å². The lowest BCUT2D eigenvalue weighted by Gasteiger charge is -2.26. The van der Waals surface area contributed by atoms with Crippen molar-refractivity contribution in [3.8, 4) is 0 Å². The predicted molar refractivity (Wildman–Crippen MR) is 65.8 cm³/mol. The number of morpholine rings is 1. The summed E-state index contributed by atoms with van der Waals surface area (Å²) in [6.45, 7) is 8.71. The van der Waals surface area contributed by atoms with Crippen molar-refractivity contribution in [2.45, 2.75) is 19.1 Å². The highest BCUT2D eigenvalue weighted by atomic mass is 32.2. The monoisotopic (exact) mass is 247 g/mol. The third-order valence-corrected chi connectivity index (χ3v) is 3.53. The minimum absolute atomic E-state index is 0.0466. The van der Waals surface area contributed by atoms with Gasteiger partial charge in [0.05, 0.1) is 18.5 Å². The third kappa shape index (κ3) is 5.18. The molecule has 0 aromatic rings. The normalized spacial score (nSPS) is 19.4. The summed E-state index contributed by atoms with van der Waals surface area (Å²) >= 11 is 1.62. The lowest BCUT2D eigenvalue weighted by Crippen LogP contribution is -2.38. The molecule has 94 valence electrons. The van der Waals surface area contributed by atoms with Crippen molar-refractivity contribution < 1.29 is 14.3 Å². The van der Waals surface area contributed by atoms with Crippen molar-refractivity contribution in [2.75, 3.05) is 45.2 Å². The SMILES string of the molecule is CCSC(C)C(=O)OCCN1CCOCC1. The number of rotatable bonds is 6. The van der Waals surface area contributed by atoms with Crippen molar-refractivity contribution in [1.29, 1.82) is 0 Å². The number of thioether (sulfide) groups is 1. The average molecular weight is 247 g/mol. The maximum Gasteiger partial charge on any atom is 0.318 e. The maximum atomic E-state index is 11.5. The largest absolute Gasteiger partial charge is 0.464 e. The molecule has 1 saturated heterocycles. The molecule has 0 aromatic heterocycles. The van der Waals surface area contributed by atoms with Gasteiger partial charge in [-0.2, -0.15) is 0 Å². The first-order valence-electron chi connectivity index (χ1n) is 5.82. The van der Waals surface area contributed by atoms with Gasteiger partial charge in [0.1, 0.15) is 6.61 Å². The number of ether oxygens (including phenoxy) is 2. The van der Waals surface area contributed by atoms with Crippen LogP contribution in [0.2, 0.25) is 0 Å². The Morgan fingerprint density at radius 1 is 1.50 bits per heavy atom. The number of nitrogens with zero attached hydrogens (tertiary/aromatic N) is 1. The van der Waals surface area contributed by atoms with Crippen LogP contribution in [0.15, 0.2) is 0 Å². The molecule has 0 N–H and O–H groups in total. The van der Waals surface area contributed by atoms with Crippen LogP contribution in [0.3, 0.4) is 0 Å². The average Bonchev–Trinajstić information content (AvgIpc) is 2.30. The summed E-state index contributed by atoms with van der Waals surface area (Å²) < 4.78 is 10.5. The van der Waals surface area contributed by atoms with Crippen LogP contribution >= 0.6 is 11.8 Å². The topological polar surface area (TPSA) is 38.8 Å². The second kappa shape index (κ2) is 7.92. The summed E-state index contributed by atoms with van der Waals surface area (Å²) in [4.78, 5) is 13.7. The van der Waals surface area contributed by atoms with E-state index < -0.39 is 0 Å². The highest BCUT2D eigenvalue weighted by Gasteiger charge is 2.15. The molecule has 4 nitrogen and oxygen atoms in total. The van der Waals surface area contributed by atoms with Crippen molar-refractivity contribution in [1.82, 2.24) is 4.90 Å². The third-order valence-electron chi connectivity index (χ3n) is 2.50. The molecule has 0 aliphatic carbocycles. The molecule has 1 atom stereocenters. The van der Waals surface area contributed by atoms with E-state index >= 15 is 0 Å². The number of hydrogen-bond acceptors (Lipinski definition) is 5. The summed E-state index contributed by atoms with van der Waals surface area (Å²) in [7, 11) is 0. The van der Waals surface area contributed by atoms with Gasteiger partial charge in [-0.25, -0.2) is 0 Å². The molecule has 16 heavy (non-hydrogen) atoms. The molecule has 0 amide bonds. The number of hydrogen-bond donors (Lipinski definition) is 0. The van der Waals surface area contributed by atoms with Crippen LogP contribution in [0.5, 0.6) is 0 Å². The Morgan fingerprint density at radius 3 is 2.81 bits per heavy atom. The van der Waals surface area contributed by atoms with Crippen LogP contribution in [-0.4, -0.2) is 61.3 Å². The summed E-state index contributed by atoms with van der Waals surface area (Å²) in [6, 6.07) is 0. The first-order chi connectivity index (χ1) is 7.74. The van der Waals surface area contributed by atoms with Gasteiger partial charge in [-0.3, -0.25) is 9.69 Å². The Morgan fingerprint density at radius 2 is 2.19 bits per heavy atom. The summed E-state index contributed by atoms with van der Waals surface area (Å²) in [5.74, 6) is 0.847. The van der Waals surface area contributed by atoms with Gasteiger partial charge in [-0.05, 0) is 12.7 Å². The minimum Gasteiger partial charge on any atom is -0.464 e. The zero-order valence-corrected chi connectivity index (χ0v) is 10.9. The Kier molecular flexibility index (Phi) is 6.84. The van der Waals surface area contributed by atoms with Gasteiger partial charge in [-0.15, -0.1) is 11.8 Å². The molecule has 1 unspecified atom stereocenters. The Labute approximate surface area is 102 Å². The molecule has 1 heterocycles. The molecular formula is C11H21NO3S. The van der Waals surface area contributed by atoms with Crippen LogP contribution in [0.1, 0.15) is 13.8 Å². The summed E-state index contributed by atoms with van der Waals surface area (Å²) in [5.41, 5.74) is 0. The first kappa shape index (κ1) is 13.8. The highest BCUT2D eigenvalue weighted by Crippen LogP contribution is 2.10. The van der Waals surface area contributed by atoms with Gasteiger partial charge < -0.3 is 9.47 Å². The molecule has 1 aliphatic heterocycles. The van der Waals surface area contributed by atoms with Crippen LogP contribution in [0, 0.1) is 0 Å². The molecule has 0 aromatic carbocycles. The molecule has 0 spiro atoms. The molecular weight excluding hydrogens is 226 g/mol. The molecule has 5 heteroatoms. The number of carbonyl (C=O) groups excluding carboxylic acids is 1. The van der Waals surface area contributed by atoms with E-state index in [0.29, 0.717) is 6.61 Å². The fraction of sp³-hybridized carbons (Fsp3) is 0.909. The number of esters is 1. The fourth-order valence-electron chi connectivity index (χ4n) is 1.54. The van der Waals surface area contributed by atoms with Gasteiger partial charge in [0.2, 0.25) is 0 Å². The van der Waals surface area contributed by atoms with Crippen molar-refractivity contribution in [3.05, 3.63) is 0 Å². The van der Waals surface area contributed by atoms with Crippen LogP contribution in [0.4, 0.5) is 0 Å². The second-order valence-electron chi connectivity index (χ2n) is 3.72. The van der Waals surface area contributed by atoms with E-state index in [0.717, 1.165) is 38.6 Å². The second-order valence-corrected chi connectivity index (χ2v) is 5.34. The van der Waals surface area contributed by atoms with E-state index in [-0.39, 0.29) is 11.2 Å². The maximum absolute atomic E-state index is 11.5. The highest BCUT2D eigenvalue weighted by molar-refractivity contribution is 8.00. The fourth-order valence-corrected chi connectivity index (χ4v) is 2.24. The lowest BCUT2D eigenvalue weighted by molar-refractivity contribution is -0.143. The number of carbonyl (C=O) groups is 1. The van der Waals surface area contributed by atoms with Crippen LogP contribution in [0.25, 0.3) is 0 Å². The van der Waals surface area contributed by atoms with Gasteiger partial charge in [0.15, 0.2) is 0 Å². The van der Waals surface area contributed by atoms with Crippen molar-refractivity contribution >= 4 is 17.7 Å². The first-order valence-corrected chi connectivity index (χ1v) is 6.87. The zero-order valence-electron chi connectivity index (χ0n) is 10.1. The molecule has 1 aliphatic rings. The van der Waals surface area contributed by atoms with E-state index in [1.165, 1.54) is 0 Å². The van der Waals surface area contributed by atoms with Gasteiger partial charge in [-0.1, -0.05) is 6.92 Å². The Bertz CT molecular complexity index is 207. The van der Waals surface area contributed by atoms with E-state index in [1.807, 2.05) is 13.8 Å². The standard InChI is InChI=1S/C11H21NO3S/c1-3-16-10(2)11(13)15-9-6-12-4-7-14-8-5-12/h10H,3-9H2,1-2H3. The van der Waals surface area contributed by atoms with Crippen molar-refractivity contribution in [2.24, 2.45) is 0 Å². The molecule has 0 bridgehead atoms. The van der Waals surface area contributed by atoms with Crippen LogP contribution < -0.4 is 0 Å². The van der Waals surface area contributed by atoms with Gasteiger partial charge in [0.25, 0.3) is 0 Å². The lowest BCUT2D eigenvalue weighted by atomic mass is 10.4. The Balaban J connectivity index is 2.07. The molecule has 1 fully saturated rings. The quantitative estimate of drug-likeness (QED) is 0.655. The summed E-state index contributed by atoms with van der Waals surface area (Å²) in [5, 5.41) is -0.0466. The molecule has 1 rings (SSSR count). The van der Waals surface area contributed by atoms with E-state index in [2.05, 4.69) is 4.90 Å². The van der Waals surface area contributed by atoms with E-state index in [9.17, 15) is 4.79 Å². The van der Waals surface area contributed by atoms with Crippen molar-refractivity contribution in [3.63, 3.8) is 0 Å². The van der Waals surface area contributed by atoms with E-state index in [1.54, 1.807) is 11.8 Å². The van der Waals surface area contributed by atoms with E-state index in [4.69, 9.17) is 9.47 Å². The molecule has 0 saturated carbocycles. The predicted octanol–water partition coefficient (Wildman–Crippen LogP) is 1.00. The zero-order chi connectivity index (χ0) is 11.8. The summed E-state index contributed by atoms with van der Waals surface area (Å²) in [6.07, 6.45) is 0. The molecule has 0 radical (unpaired) electrons. The Hall–Kier alpha value is -0.260.